The molecule has 0 spiro atoms. The van der Waals surface area contributed by atoms with Crippen molar-refractivity contribution in [1.82, 2.24) is 0 Å². The van der Waals surface area contributed by atoms with Crippen LogP contribution in [0.2, 0.25) is 0 Å². The van der Waals surface area contributed by atoms with E-state index in [1.165, 1.54) is 0 Å². The first-order valence-corrected chi connectivity index (χ1v) is 6.25. The Balaban J connectivity index is 2.17. The zero-order chi connectivity index (χ0) is 14.0. The minimum absolute atomic E-state index is 0.0180. The molecule has 1 heterocycles. The predicted molar refractivity (Wildman–Crippen MR) is 74.0 cm³/mol. The summed E-state index contributed by atoms with van der Waals surface area (Å²) in [6, 6.07) is 4.96. The lowest BCUT2D eigenvalue weighted by Gasteiger charge is -2.25. The topological polar surface area (TPSA) is 75.6 Å². The number of nitrogens with one attached hydrogen (secondary N) is 1. The zero-order valence-corrected chi connectivity index (χ0v) is 11.1. The fraction of sp³-hybridized carbons (Fsp3) is 0.308. The maximum Gasteiger partial charge on any atom is 0.303 e. The number of ketones is 1. The molecule has 5 nitrogen and oxygen atoms in total. The van der Waals surface area contributed by atoms with E-state index >= 15 is 0 Å². The molecule has 19 heavy (non-hydrogen) atoms. The van der Waals surface area contributed by atoms with Gasteiger partial charge in [-0.1, -0.05) is 12.2 Å². The maximum atomic E-state index is 11.8. The Morgan fingerprint density at radius 1 is 1.42 bits per heavy atom. The average molecular weight is 279 g/mol. The molecule has 0 aliphatic carbocycles. The molecule has 1 aromatic carbocycles. The average Bonchev–Trinajstić information content (AvgIpc) is 2.36. The van der Waals surface area contributed by atoms with E-state index in [1.807, 2.05) is 6.92 Å². The number of thiocarbonyl (C=S) groups is 1. The van der Waals surface area contributed by atoms with Crippen molar-refractivity contribution in [3.63, 3.8) is 0 Å². The molecule has 1 atom stereocenters. The van der Waals surface area contributed by atoms with Gasteiger partial charge in [0.15, 0.2) is 5.78 Å². The molecule has 100 valence electrons. The third-order valence-corrected chi connectivity index (χ3v) is 3.23. The summed E-state index contributed by atoms with van der Waals surface area (Å²) < 4.78 is 5.57. The highest BCUT2D eigenvalue weighted by Crippen LogP contribution is 2.31. The van der Waals surface area contributed by atoms with Crippen LogP contribution in [0.1, 0.15) is 30.1 Å². The van der Waals surface area contributed by atoms with Crippen LogP contribution < -0.4 is 10.1 Å². The molecule has 0 saturated carbocycles. The molecule has 0 radical (unpaired) electrons. The lowest BCUT2D eigenvalue weighted by molar-refractivity contribution is -0.136. The number of rotatable bonds is 4. The summed E-state index contributed by atoms with van der Waals surface area (Å²) in [5.41, 5.74) is 1.10. The normalized spacial score (nSPS) is 17.1. The fourth-order valence-electron chi connectivity index (χ4n) is 1.75. The van der Waals surface area contributed by atoms with E-state index in [0.29, 0.717) is 22.0 Å². The van der Waals surface area contributed by atoms with Crippen LogP contribution in [-0.2, 0) is 4.79 Å². The fourth-order valence-corrected chi connectivity index (χ4v) is 1.91. The number of hydrogen-bond acceptors (Lipinski definition) is 4. The van der Waals surface area contributed by atoms with E-state index in [2.05, 4.69) is 5.32 Å². The molecule has 0 bridgehead atoms. The van der Waals surface area contributed by atoms with E-state index in [-0.39, 0.29) is 24.7 Å². The lowest BCUT2D eigenvalue weighted by atomic mass is 10.0. The smallest absolute Gasteiger partial charge is 0.303 e. The van der Waals surface area contributed by atoms with Gasteiger partial charge in [-0.3, -0.25) is 9.59 Å². The summed E-state index contributed by atoms with van der Waals surface area (Å²) in [7, 11) is 0. The first-order chi connectivity index (χ1) is 8.97. The number of carboxylic acids is 1. The van der Waals surface area contributed by atoms with Gasteiger partial charge in [0.25, 0.3) is 0 Å². The number of carbonyl (C=O) groups is 2. The highest BCUT2D eigenvalue weighted by atomic mass is 32.1. The summed E-state index contributed by atoms with van der Waals surface area (Å²) in [4.78, 5) is 22.8. The minimum Gasteiger partial charge on any atom is -0.481 e. The number of anilines is 1. The Kier molecular flexibility index (Phi) is 3.80. The van der Waals surface area contributed by atoms with Gasteiger partial charge in [0.05, 0.1) is 12.1 Å². The minimum atomic E-state index is -0.984. The molecule has 1 aliphatic rings. The van der Waals surface area contributed by atoms with Gasteiger partial charge in [0.1, 0.15) is 16.8 Å². The van der Waals surface area contributed by atoms with Crippen molar-refractivity contribution in [3.8, 4) is 5.75 Å². The van der Waals surface area contributed by atoms with Gasteiger partial charge < -0.3 is 15.2 Å². The van der Waals surface area contributed by atoms with E-state index in [1.54, 1.807) is 18.2 Å². The molecule has 1 aromatic rings. The Morgan fingerprint density at radius 3 is 2.84 bits per heavy atom. The van der Waals surface area contributed by atoms with Gasteiger partial charge in [-0.25, -0.2) is 0 Å². The van der Waals surface area contributed by atoms with E-state index in [9.17, 15) is 9.59 Å². The quantitative estimate of drug-likeness (QED) is 0.650. The van der Waals surface area contributed by atoms with Gasteiger partial charge in [-0.2, -0.15) is 0 Å². The Labute approximate surface area is 115 Å². The molecule has 0 fully saturated rings. The largest absolute Gasteiger partial charge is 0.481 e. The van der Waals surface area contributed by atoms with Crippen LogP contribution in [-0.4, -0.2) is 28.0 Å². The monoisotopic (exact) mass is 279 g/mol. The summed E-state index contributed by atoms with van der Waals surface area (Å²) in [6.07, 6.45) is -0.387. The Bertz CT molecular complexity index is 556. The number of carboxylic acid groups (broad SMARTS) is 1. The van der Waals surface area contributed by atoms with Crippen LogP contribution >= 0.6 is 12.2 Å². The van der Waals surface area contributed by atoms with Crippen molar-refractivity contribution < 1.29 is 19.4 Å². The number of hydrogen-bond donors (Lipinski definition) is 2. The lowest BCUT2D eigenvalue weighted by Crippen LogP contribution is -2.32. The summed E-state index contributed by atoms with van der Waals surface area (Å²) in [6.45, 7) is 1.84. The molecule has 0 amide bonds. The highest BCUT2D eigenvalue weighted by Gasteiger charge is 2.21. The molecular weight excluding hydrogens is 266 g/mol. The van der Waals surface area contributed by atoms with Crippen LogP contribution in [0.3, 0.4) is 0 Å². The van der Waals surface area contributed by atoms with Crippen molar-refractivity contribution in [2.24, 2.45) is 0 Å². The van der Waals surface area contributed by atoms with Gasteiger partial charge in [-0.05, 0) is 25.1 Å². The van der Waals surface area contributed by atoms with Gasteiger partial charge in [0.2, 0.25) is 0 Å². The van der Waals surface area contributed by atoms with Crippen molar-refractivity contribution in [3.05, 3.63) is 23.8 Å². The number of fused-ring (bicyclic) bond motifs is 1. The molecule has 0 aromatic heterocycles. The third kappa shape index (κ3) is 3.08. The van der Waals surface area contributed by atoms with Crippen LogP contribution in [0.5, 0.6) is 5.75 Å². The summed E-state index contributed by atoms with van der Waals surface area (Å²) in [5, 5.41) is 11.6. The number of Topliss-reactive ketones (excluding diaryl/α,β-unsaturated/α-hetero) is 1. The molecule has 1 aliphatic heterocycles. The second-order valence-corrected chi connectivity index (χ2v) is 4.72. The van der Waals surface area contributed by atoms with Gasteiger partial charge in [0, 0.05) is 12.0 Å². The Morgan fingerprint density at radius 2 is 2.16 bits per heavy atom. The third-order valence-electron chi connectivity index (χ3n) is 2.80. The Hall–Kier alpha value is -1.95. The molecule has 1 unspecified atom stereocenters. The standard InChI is InChI=1S/C13H13NO4S/c1-7-13(19)14-9-6-8(2-4-11(9)18-7)10(15)3-5-12(16)17/h2,4,6-7H,3,5H2,1H3,(H,14,19)(H,16,17). The number of ether oxygens (including phenoxy) is 1. The molecule has 2 N–H and O–H groups in total. The summed E-state index contributed by atoms with van der Waals surface area (Å²) in [5.74, 6) is -0.560. The van der Waals surface area contributed by atoms with Crippen molar-refractivity contribution in [2.45, 2.75) is 25.9 Å². The second-order valence-electron chi connectivity index (χ2n) is 4.28. The van der Waals surface area contributed by atoms with E-state index < -0.39 is 5.97 Å². The number of aliphatic carboxylic acids is 1. The van der Waals surface area contributed by atoms with E-state index in [0.717, 1.165) is 0 Å². The van der Waals surface area contributed by atoms with Crippen molar-refractivity contribution in [2.75, 3.05) is 5.32 Å². The first-order valence-electron chi connectivity index (χ1n) is 5.84. The SMILES string of the molecule is CC1Oc2ccc(C(=O)CCC(=O)O)cc2NC1=S. The van der Waals surface area contributed by atoms with Crippen LogP contribution in [0.25, 0.3) is 0 Å². The van der Waals surface area contributed by atoms with Crippen LogP contribution in [0, 0.1) is 0 Å². The van der Waals surface area contributed by atoms with E-state index in [4.69, 9.17) is 22.1 Å². The van der Waals surface area contributed by atoms with Gasteiger partial charge in [-0.15, -0.1) is 0 Å². The number of benzene rings is 1. The van der Waals surface area contributed by atoms with Gasteiger partial charge >= 0.3 is 5.97 Å². The van der Waals surface area contributed by atoms with Crippen molar-refractivity contribution >= 4 is 34.6 Å². The second kappa shape index (κ2) is 5.36. The van der Waals surface area contributed by atoms with Crippen molar-refractivity contribution in [1.29, 1.82) is 0 Å². The molecule has 2 rings (SSSR count). The van der Waals surface area contributed by atoms with Crippen LogP contribution in [0.15, 0.2) is 18.2 Å². The number of carbonyl (C=O) groups excluding carboxylic acids is 1. The predicted octanol–water partition coefficient (Wildman–Crippen LogP) is 2.25. The zero-order valence-electron chi connectivity index (χ0n) is 10.3. The molecular formula is C13H13NO4S. The maximum absolute atomic E-state index is 11.8. The van der Waals surface area contributed by atoms with Crippen LogP contribution in [0.4, 0.5) is 5.69 Å². The summed E-state index contributed by atoms with van der Waals surface area (Å²) >= 11 is 5.10. The molecule has 0 saturated heterocycles. The highest BCUT2D eigenvalue weighted by molar-refractivity contribution is 7.80. The first kappa shape index (κ1) is 13.5. The molecule has 6 heteroatoms.